The van der Waals surface area contributed by atoms with Crippen LogP contribution in [0.3, 0.4) is 0 Å². The van der Waals surface area contributed by atoms with E-state index < -0.39 is 0 Å². The number of rotatable bonds is 9. The van der Waals surface area contributed by atoms with E-state index in [-0.39, 0.29) is 6.10 Å². The summed E-state index contributed by atoms with van der Waals surface area (Å²) < 4.78 is 5.45. The zero-order chi connectivity index (χ0) is 22.3. The van der Waals surface area contributed by atoms with Gasteiger partial charge in [-0.15, -0.1) is 0 Å². The standard InChI is InChI=1S/C23H32N8O/c1-4-7-25-22-21-18(12-19(28-22)16(2)32-3)14-27-23(30-21)29-20-6-5-17(13-26-20)15-31-10-8-24-9-11-31/h5-6,12-14,16,24H,4,7-11,15H2,1-3H3,(H,25,28)(H,26,27,29,30)/t16-/m1/s1. The third kappa shape index (κ3) is 5.48. The van der Waals surface area contributed by atoms with Crippen LogP contribution in [0.1, 0.15) is 37.6 Å². The molecule has 0 unspecified atom stereocenters. The van der Waals surface area contributed by atoms with E-state index in [2.05, 4.69) is 43.8 Å². The maximum absolute atomic E-state index is 5.45. The van der Waals surface area contributed by atoms with Gasteiger partial charge in [-0.25, -0.2) is 19.9 Å². The fourth-order valence-electron chi connectivity index (χ4n) is 3.65. The average molecular weight is 437 g/mol. The normalized spacial score (nSPS) is 15.6. The van der Waals surface area contributed by atoms with Crippen molar-refractivity contribution in [3.8, 4) is 0 Å². The largest absolute Gasteiger partial charge is 0.375 e. The molecule has 1 aliphatic heterocycles. The van der Waals surface area contributed by atoms with E-state index in [1.807, 2.05) is 31.5 Å². The highest BCUT2D eigenvalue weighted by Gasteiger charge is 2.14. The first-order chi connectivity index (χ1) is 15.7. The summed E-state index contributed by atoms with van der Waals surface area (Å²) >= 11 is 0. The predicted molar refractivity (Wildman–Crippen MR) is 127 cm³/mol. The summed E-state index contributed by atoms with van der Waals surface area (Å²) in [5, 5.41) is 10.9. The third-order valence-electron chi connectivity index (χ3n) is 5.58. The van der Waals surface area contributed by atoms with Crippen molar-refractivity contribution < 1.29 is 4.74 Å². The Morgan fingerprint density at radius 3 is 2.72 bits per heavy atom. The molecule has 4 rings (SSSR count). The maximum Gasteiger partial charge on any atom is 0.229 e. The van der Waals surface area contributed by atoms with Gasteiger partial charge in [0.1, 0.15) is 11.3 Å². The van der Waals surface area contributed by atoms with E-state index in [1.165, 1.54) is 5.56 Å². The number of piperazine rings is 1. The molecule has 1 saturated heterocycles. The Morgan fingerprint density at radius 2 is 2.00 bits per heavy atom. The van der Waals surface area contributed by atoms with Gasteiger partial charge in [0.05, 0.1) is 11.8 Å². The van der Waals surface area contributed by atoms with Gasteiger partial charge in [0.25, 0.3) is 0 Å². The summed E-state index contributed by atoms with van der Waals surface area (Å²) in [7, 11) is 1.68. The number of nitrogens with one attached hydrogen (secondary N) is 3. The van der Waals surface area contributed by atoms with Crippen LogP contribution in [0, 0.1) is 0 Å². The molecule has 0 aromatic carbocycles. The Kier molecular flexibility index (Phi) is 7.41. The van der Waals surface area contributed by atoms with Crippen molar-refractivity contribution >= 4 is 28.5 Å². The lowest BCUT2D eigenvalue weighted by molar-refractivity contribution is 0.116. The molecule has 32 heavy (non-hydrogen) atoms. The molecule has 4 heterocycles. The zero-order valence-electron chi connectivity index (χ0n) is 19.1. The van der Waals surface area contributed by atoms with Crippen LogP contribution >= 0.6 is 0 Å². The monoisotopic (exact) mass is 436 g/mol. The van der Waals surface area contributed by atoms with Gasteiger partial charge >= 0.3 is 0 Å². The smallest absolute Gasteiger partial charge is 0.229 e. The number of nitrogens with zero attached hydrogens (tertiary/aromatic N) is 5. The number of hydrogen-bond donors (Lipinski definition) is 3. The van der Waals surface area contributed by atoms with Crippen molar-refractivity contribution in [2.45, 2.75) is 32.9 Å². The first-order valence-electron chi connectivity index (χ1n) is 11.3. The summed E-state index contributed by atoms with van der Waals surface area (Å²) in [6.45, 7) is 10.1. The molecule has 170 valence electrons. The molecule has 3 aromatic heterocycles. The number of fused-ring (bicyclic) bond motifs is 1. The fraction of sp³-hybridized carbons (Fsp3) is 0.478. The van der Waals surface area contributed by atoms with E-state index >= 15 is 0 Å². The van der Waals surface area contributed by atoms with Crippen molar-refractivity contribution in [1.29, 1.82) is 0 Å². The van der Waals surface area contributed by atoms with E-state index in [9.17, 15) is 0 Å². The fourth-order valence-corrected chi connectivity index (χ4v) is 3.65. The van der Waals surface area contributed by atoms with Gasteiger partial charge < -0.3 is 20.7 Å². The maximum atomic E-state index is 5.45. The lowest BCUT2D eigenvalue weighted by Gasteiger charge is -2.27. The van der Waals surface area contributed by atoms with Crippen LogP contribution in [-0.2, 0) is 11.3 Å². The van der Waals surface area contributed by atoms with Crippen LogP contribution in [-0.4, -0.2) is 64.7 Å². The quantitative estimate of drug-likeness (QED) is 0.467. The van der Waals surface area contributed by atoms with Crippen molar-refractivity contribution in [3.63, 3.8) is 0 Å². The first kappa shape index (κ1) is 22.3. The Labute approximate surface area is 189 Å². The molecule has 0 amide bonds. The summed E-state index contributed by atoms with van der Waals surface area (Å²) in [4.78, 5) is 21.0. The van der Waals surface area contributed by atoms with Gasteiger partial charge in [0, 0.05) is 64.2 Å². The van der Waals surface area contributed by atoms with Crippen molar-refractivity contribution in [2.75, 3.05) is 50.5 Å². The first-order valence-corrected chi connectivity index (χ1v) is 11.3. The molecule has 0 spiro atoms. The van der Waals surface area contributed by atoms with Crippen molar-refractivity contribution in [3.05, 3.63) is 41.9 Å². The lowest BCUT2D eigenvalue weighted by Crippen LogP contribution is -2.42. The van der Waals surface area contributed by atoms with Crippen LogP contribution in [0.5, 0.6) is 0 Å². The van der Waals surface area contributed by atoms with Gasteiger partial charge in [0.2, 0.25) is 5.95 Å². The molecule has 0 radical (unpaired) electrons. The van der Waals surface area contributed by atoms with Crippen molar-refractivity contribution in [2.24, 2.45) is 0 Å². The number of methoxy groups -OCH3 is 1. The van der Waals surface area contributed by atoms with E-state index in [0.29, 0.717) is 11.8 Å². The lowest BCUT2D eigenvalue weighted by atomic mass is 10.2. The second-order valence-electron chi connectivity index (χ2n) is 8.03. The Morgan fingerprint density at radius 1 is 1.16 bits per heavy atom. The summed E-state index contributed by atoms with van der Waals surface area (Å²) in [6.07, 6.45) is 4.62. The molecule has 3 aromatic rings. The summed E-state index contributed by atoms with van der Waals surface area (Å²) in [5.41, 5.74) is 2.83. The number of aromatic nitrogens is 4. The van der Waals surface area contributed by atoms with Gasteiger partial charge in [-0.05, 0) is 31.0 Å². The van der Waals surface area contributed by atoms with Crippen LogP contribution < -0.4 is 16.0 Å². The van der Waals surface area contributed by atoms with Crippen LogP contribution in [0.25, 0.3) is 10.9 Å². The second kappa shape index (κ2) is 10.6. The summed E-state index contributed by atoms with van der Waals surface area (Å²) in [5.74, 6) is 1.95. The molecule has 9 nitrogen and oxygen atoms in total. The molecule has 1 fully saturated rings. The van der Waals surface area contributed by atoms with Gasteiger partial charge in [-0.2, -0.15) is 0 Å². The van der Waals surface area contributed by atoms with Gasteiger partial charge in [0.15, 0.2) is 5.82 Å². The van der Waals surface area contributed by atoms with Crippen LogP contribution in [0.2, 0.25) is 0 Å². The minimum Gasteiger partial charge on any atom is -0.375 e. The van der Waals surface area contributed by atoms with Gasteiger partial charge in [-0.3, -0.25) is 4.90 Å². The van der Waals surface area contributed by atoms with Crippen LogP contribution in [0.15, 0.2) is 30.6 Å². The average Bonchev–Trinajstić information content (AvgIpc) is 2.84. The number of pyridine rings is 2. The molecule has 1 atom stereocenters. The molecule has 3 N–H and O–H groups in total. The van der Waals surface area contributed by atoms with Crippen LogP contribution in [0.4, 0.5) is 17.6 Å². The highest BCUT2D eigenvalue weighted by atomic mass is 16.5. The minimum absolute atomic E-state index is 0.108. The van der Waals surface area contributed by atoms with E-state index in [0.717, 1.165) is 68.1 Å². The van der Waals surface area contributed by atoms with E-state index in [4.69, 9.17) is 14.7 Å². The predicted octanol–water partition coefficient (Wildman–Crippen LogP) is 3.10. The molecule has 0 bridgehead atoms. The number of hydrogen-bond acceptors (Lipinski definition) is 9. The van der Waals surface area contributed by atoms with Gasteiger partial charge in [-0.1, -0.05) is 13.0 Å². The minimum atomic E-state index is -0.108. The highest BCUT2D eigenvalue weighted by molar-refractivity contribution is 5.89. The molecule has 0 aliphatic carbocycles. The Hall–Kier alpha value is -2.88. The summed E-state index contributed by atoms with van der Waals surface area (Å²) in [6, 6.07) is 6.06. The number of ether oxygens (including phenoxy) is 1. The second-order valence-corrected chi connectivity index (χ2v) is 8.03. The topological polar surface area (TPSA) is 100 Å². The molecule has 1 aliphatic rings. The third-order valence-corrected chi connectivity index (χ3v) is 5.58. The molecule has 9 heteroatoms. The Balaban J connectivity index is 1.52. The molecular weight excluding hydrogens is 404 g/mol. The zero-order valence-corrected chi connectivity index (χ0v) is 19.1. The van der Waals surface area contributed by atoms with Crippen molar-refractivity contribution in [1.82, 2.24) is 30.2 Å². The highest BCUT2D eigenvalue weighted by Crippen LogP contribution is 2.26. The van der Waals surface area contributed by atoms with E-state index in [1.54, 1.807) is 7.11 Å². The Bertz CT molecular complexity index is 1020. The molecular formula is C23H32N8O. The number of anilines is 3. The SMILES string of the molecule is CCCNc1nc([C@@H](C)OC)cc2cnc(Nc3ccc(CN4CCNCC4)cn3)nc12. The molecule has 0 saturated carbocycles.